The molecule has 33 heavy (non-hydrogen) atoms. The molecule has 0 aliphatic heterocycles. The Kier molecular flexibility index (Phi) is 5.84. The van der Waals surface area contributed by atoms with Crippen LogP contribution in [-0.4, -0.2) is 9.97 Å². The second-order valence-corrected chi connectivity index (χ2v) is 9.44. The molecule has 0 spiro atoms. The van der Waals surface area contributed by atoms with Crippen LogP contribution in [-0.2, 0) is 12.6 Å². The maximum absolute atomic E-state index is 13.4. The highest BCUT2D eigenvalue weighted by Gasteiger charge is 2.33. The summed E-state index contributed by atoms with van der Waals surface area (Å²) in [6.45, 7) is 0. The van der Waals surface area contributed by atoms with Crippen LogP contribution >= 0.6 is 23.3 Å². The standard InChI is InChI=1S/C24H17F4N3S2/c25-22-8-2-15(13-30-22)21-12-16(24(26,27)28)3-6-20(21)19-5-1-14-11-17(4-7-18(14)19)33-31-23-29-9-10-32-23/h2-4,6-13,19H,1,5H2,(H,29,31). The molecule has 0 saturated heterocycles. The normalized spacial score (nSPS) is 15.5. The Balaban J connectivity index is 1.49. The van der Waals surface area contributed by atoms with Crippen molar-refractivity contribution in [3.8, 4) is 11.1 Å². The van der Waals surface area contributed by atoms with Crippen LogP contribution in [0.5, 0.6) is 0 Å². The van der Waals surface area contributed by atoms with E-state index in [0.717, 1.165) is 46.1 Å². The molecule has 5 rings (SSSR count). The van der Waals surface area contributed by atoms with Crippen molar-refractivity contribution >= 4 is 28.4 Å². The minimum atomic E-state index is -4.47. The molecule has 4 aromatic rings. The van der Waals surface area contributed by atoms with Gasteiger partial charge >= 0.3 is 6.18 Å². The zero-order valence-electron chi connectivity index (χ0n) is 17.1. The van der Waals surface area contributed by atoms with Gasteiger partial charge in [-0.15, -0.1) is 11.3 Å². The SMILES string of the molecule is Fc1ccc(-c2cc(C(F)(F)F)ccc2C2CCc3cc(SNc4nccs4)ccc32)cn1. The number of hydrogen-bond donors (Lipinski definition) is 1. The van der Waals surface area contributed by atoms with Gasteiger partial charge in [-0.3, -0.25) is 0 Å². The number of fused-ring (bicyclic) bond motifs is 1. The van der Waals surface area contributed by atoms with Crippen LogP contribution in [0.3, 0.4) is 0 Å². The van der Waals surface area contributed by atoms with Gasteiger partial charge in [-0.1, -0.05) is 12.1 Å². The maximum Gasteiger partial charge on any atom is 0.416 e. The van der Waals surface area contributed by atoms with E-state index in [4.69, 9.17) is 0 Å². The highest BCUT2D eigenvalue weighted by Crippen LogP contribution is 2.44. The monoisotopic (exact) mass is 487 g/mol. The van der Waals surface area contributed by atoms with Crippen molar-refractivity contribution < 1.29 is 17.6 Å². The molecule has 2 aromatic carbocycles. The molecule has 0 fully saturated rings. The second kappa shape index (κ2) is 8.79. The summed E-state index contributed by atoms with van der Waals surface area (Å²) in [5.74, 6) is -0.719. The topological polar surface area (TPSA) is 37.8 Å². The van der Waals surface area contributed by atoms with E-state index in [1.165, 1.54) is 47.2 Å². The number of nitrogens with one attached hydrogen (secondary N) is 1. The van der Waals surface area contributed by atoms with Crippen LogP contribution in [0.4, 0.5) is 22.7 Å². The highest BCUT2D eigenvalue weighted by molar-refractivity contribution is 8.00. The molecule has 1 aliphatic carbocycles. The van der Waals surface area contributed by atoms with Gasteiger partial charge in [0.1, 0.15) is 0 Å². The molecule has 0 amide bonds. The van der Waals surface area contributed by atoms with Crippen molar-refractivity contribution in [2.75, 3.05) is 4.72 Å². The van der Waals surface area contributed by atoms with Crippen molar-refractivity contribution in [3.05, 3.63) is 94.5 Å². The fourth-order valence-corrected chi connectivity index (χ4v) is 5.46. The fraction of sp³-hybridized carbons (Fsp3) is 0.167. The molecule has 3 nitrogen and oxygen atoms in total. The van der Waals surface area contributed by atoms with Gasteiger partial charge in [0.15, 0.2) is 5.13 Å². The van der Waals surface area contributed by atoms with Gasteiger partial charge in [0, 0.05) is 34.2 Å². The summed E-state index contributed by atoms with van der Waals surface area (Å²) in [4.78, 5) is 8.89. The molecule has 1 N–H and O–H groups in total. The minimum Gasteiger partial charge on any atom is -0.302 e. The number of anilines is 1. The van der Waals surface area contributed by atoms with Gasteiger partial charge in [-0.25, -0.2) is 9.97 Å². The number of aryl methyl sites for hydroxylation is 1. The van der Waals surface area contributed by atoms with E-state index < -0.39 is 17.7 Å². The van der Waals surface area contributed by atoms with Crippen molar-refractivity contribution in [1.82, 2.24) is 9.97 Å². The summed E-state index contributed by atoms with van der Waals surface area (Å²) in [6.07, 6.45) is 0.169. The van der Waals surface area contributed by atoms with Gasteiger partial charge < -0.3 is 4.72 Å². The number of nitrogens with zero attached hydrogens (tertiary/aromatic N) is 2. The van der Waals surface area contributed by atoms with Crippen molar-refractivity contribution in [2.45, 2.75) is 29.8 Å². The van der Waals surface area contributed by atoms with E-state index in [1.807, 2.05) is 17.5 Å². The Morgan fingerprint density at radius 2 is 1.85 bits per heavy atom. The first-order valence-electron chi connectivity index (χ1n) is 10.2. The van der Waals surface area contributed by atoms with E-state index >= 15 is 0 Å². The summed E-state index contributed by atoms with van der Waals surface area (Å²) in [7, 11) is 0. The molecule has 2 heterocycles. The van der Waals surface area contributed by atoms with E-state index in [2.05, 4.69) is 20.8 Å². The summed E-state index contributed by atoms with van der Waals surface area (Å²) < 4.78 is 56.8. The Morgan fingerprint density at radius 3 is 2.58 bits per heavy atom. The number of rotatable bonds is 5. The molecule has 168 valence electrons. The first-order valence-corrected chi connectivity index (χ1v) is 11.9. The van der Waals surface area contributed by atoms with E-state index in [-0.39, 0.29) is 5.92 Å². The number of alkyl halides is 3. The number of hydrogen-bond acceptors (Lipinski definition) is 5. The van der Waals surface area contributed by atoms with Crippen LogP contribution in [0.25, 0.3) is 11.1 Å². The van der Waals surface area contributed by atoms with E-state index in [0.29, 0.717) is 11.1 Å². The quantitative estimate of drug-likeness (QED) is 0.179. The Hall–Kier alpha value is -2.91. The zero-order valence-corrected chi connectivity index (χ0v) is 18.7. The van der Waals surface area contributed by atoms with Gasteiger partial charge in [0.2, 0.25) is 5.95 Å². The lowest BCUT2D eigenvalue weighted by Crippen LogP contribution is -2.07. The van der Waals surface area contributed by atoms with Crippen LogP contribution in [0.2, 0.25) is 0 Å². The van der Waals surface area contributed by atoms with Gasteiger partial charge in [0.05, 0.1) is 5.56 Å². The van der Waals surface area contributed by atoms with Crippen molar-refractivity contribution in [2.24, 2.45) is 0 Å². The molecule has 2 aromatic heterocycles. The molecule has 1 atom stereocenters. The van der Waals surface area contributed by atoms with Crippen LogP contribution in [0.1, 0.15) is 34.6 Å². The van der Waals surface area contributed by atoms with E-state index in [9.17, 15) is 17.6 Å². The van der Waals surface area contributed by atoms with Crippen LogP contribution in [0, 0.1) is 5.95 Å². The molecule has 0 radical (unpaired) electrons. The third-order valence-corrected chi connectivity index (χ3v) is 7.28. The molecule has 1 unspecified atom stereocenters. The van der Waals surface area contributed by atoms with E-state index in [1.54, 1.807) is 12.3 Å². The number of benzene rings is 2. The third kappa shape index (κ3) is 4.60. The van der Waals surface area contributed by atoms with Gasteiger partial charge in [0.25, 0.3) is 0 Å². The Morgan fingerprint density at radius 1 is 1.00 bits per heavy atom. The zero-order chi connectivity index (χ0) is 23.0. The van der Waals surface area contributed by atoms with Gasteiger partial charge in [-0.2, -0.15) is 17.6 Å². The molecule has 0 bridgehead atoms. The lowest BCUT2D eigenvalue weighted by molar-refractivity contribution is -0.137. The number of pyridine rings is 1. The van der Waals surface area contributed by atoms with Crippen molar-refractivity contribution in [1.29, 1.82) is 0 Å². The van der Waals surface area contributed by atoms with Crippen LogP contribution < -0.4 is 4.72 Å². The maximum atomic E-state index is 13.4. The smallest absolute Gasteiger partial charge is 0.302 e. The molecule has 0 saturated carbocycles. The largest absolute Gasteiger partial charge is 0.416 e. The minimum absolute atomic E-state index is 0.0479. The first kappa shape index (κ1) is 21.9. The average molecular weight is 488 g/mol. The number of aromatic nitrogens is 2. The fourth-order valence-electron chi connectivity index (χ4n) is 4.18. The second-order valence-electron chi connectivity index (χ2n) is 7.66. The summed E-state index contributed by atoms with van der Waals surface area (Å²) >= 11 is 2.99. The Bertz CT molecular complexity index is 1270. The molecular formula is C24H17F4N3S2. The summed E-state index contributed by atoms with van der Waals surface area (Å²) in [5, 5.41) is 2.72. The lowest BCUT2D eigenvalue weighted by Gasteiger charge is -2.19. The predicted octanol–water partition coefficient (Wildman–Crippen LogP) is 7.56. The number of thiazole rings is 1. The third-order valence-electron chi connectivity index (χ3n) is 5.68. The molecule has 9 heteroatoms. The van der Waals surface area contributed by atoms with Crippen LogP contribution in [0.15, 0.2) is 71.2 Å². The predicted molar refractivity (Wildman–Crippen MR) is 123 cm³/mol. The Labute approximate surface area is 196 Å². The first-order chi connectivity index (χ1) is 15.9. The average Bonchev–Trinajstić information content (AvgIpc) is 3.47. The molecule has 1 aliphatic rings. The molecular weight excluding hydrogens is 470 g/mol. The summed E-state index contributed by atoms with van der Waals surface area (Å²) in [5.41, 5.74) is 3.23. The lowest BCUT2D eigenvalue weighted by atomic mass is 9.86. The van der Waals surface area contributed by atoms with Gasteiger partial charge in [-0.05, 0) is 83.4 Å². The number of halogens is 4. The summed E-state index contributed by atoms with van der Waals surface area (Å²) in [6, 6.07) is 12.6. The van der Waals surface area contributed by atoms with Crippen molar-refractivity contribution in [3.63, 3.8) is 0 Å². The highest BCUT2D eigenvalue weighted by atomic mass is 32.2.